The molecule has 1 unspecified atom stereocenters. The van der Waals surface area contributed by atoms with Crippen molar-refractivity contribution < 1.29 is 34.7 Å². The zero-order valence-corrected chi connectivity index (χ0v) is 15.2. The number of aliphatic hydroxyl groups is 3. The predicted molar refractivity (Wildman–Crippen MR) is 92.1 cm³/mol. The van der Waals surface area contributed by atoms with E-state index in [0.29, 0.717) is 6.61 Å². The molecule has 5 atom stereocenters. The molecule has 0 aromatic rings. The maximum absolute atomic E-state index is 11.0. The van der Waals surface area contributed by atoms with E-state index >= 15 is 0 Å². The van der Waals surface area contributed by atoms with E-state index in [1.54, 1.807) is 0 Å². The fourth-order valence-electron chi connectivity index (χ4n) is 2.98. The first-order valence-electron chi connectivity index (χ1n) is 9.53. The number of carboxylic acid groups (broad SMARTS) is 1. The Morgan fingerprint density at radius 3 is 1.88 bits per heavy atom. The summed E-state index contributed by atoms with van der Waals surface area (Å²) in [6, 6.07) is 0. The highest BCUT2D eigenvalue weighted by molar-refractivity contribution is 5.73. The molecule has 1 heterocycles. The Kier molecular flexibility index (Phi) is 11.2. The van der Waals surface area contributed by atoms with Gasteiger partial charge in [-0.05, 0) is 6.42 Å². The minimum Gasteiger partial charge on any atom is -0.479 e. The van der Waals surface area contributed by atoms with Crippen molar-refractivity contribution in [3.63, 3.8) is 0 Å². The van der Waals surface area contributed by atoms with E-state index in [2.05, 4.69) is 6.92 Å². The first-order chi connectivity index (χ1) is 12.0. The number of rotatable bonds is 13. The number of aliphatic carboxylic acids is 1. The largest absolute Gasteiger partial charge is 0.479 e. The molecule has 25 heavy (non-hydrogen) atoms. The molecule has 0 bridgehead atoms. The van der Waals surface area contributed by atoms with Crippen LogP contribution in [0.15, 0.2) is 0 Å². The van der Waals surface area contributed by atoms with Crippen LogP contribution in [0.1, 0.15) is 71.1 Å². The number of hydrogen-bond donors (Lipinski definition) is 4. The lowest BCUT2D eigenvalue weighted by Crippen LogP contribution is -2.60. The predicted octanol–water partition coefficient (Wildman–Crippen LogP) is 1.82. The first kappa shape index (κ1) is 22.3. The summed E-state index contributed by atoms with van der Waals surface area (Å²) in [5.41, 5.74) is 0. The molecule has 7 heteroatoms. The van der Waals surface area contributed by atoms with E-state index in [4.69, 9.17) is 14.6 Å². The van der Waals surface area contributed by atoms with Gasteiger partial charge in [0.15, 0.2) is 12.4 Å². The van der Waals surface area contributed by atoms with E-state index in [9.17, 15) is 20.1 Å². The molecule has 1 aliphatic heterocycles. The molecular weight excluding hydrogens is 328 g/mol. The molecule has 0 aromatic heterocycles. The summed E-state index contributed by atoms with van der Waals surface area (Å²) in [4.78, 5) is 11.0. The van der Waals surface area contributed by atoms with Gasteiger partial charge >= 0.3 is 5.97 Å². The number of carboxylic acids is 1. The molecule has 0 aliphatic carbocycles. The highest BCUT2D eigenvalue weighted by Crippen LogP contribution is 2.22. The lowest BCUT2D eigenvalue weighted by molar-refractivity contribution is -0.294. The van der Waals surface area contributed by atoms with Gasteiger partial charge in [-0.2, -0.15) is 0 Å². The third kappa shape index (κ3) is 8.00. The normalized spacial score (nSPS) is 29.7. The Hall–Kier alpha value is -0.730. The number of hydrogen-bond acceptors (Lipinski definition) is 6. The average molecular weight is 362 g/mol. The van der Waals surface area contributed by atoms with Gasteiger partial charge in [0.25, 0.3) is 0 Å². The van der Waals surface area contributed by atoms with Gasteiger partial charge in [-0.25, -0.2) is 4.79 Å². The van der Waals surface area contributed by atoms with Crippen LogP contribution in [0.2, 0.25) is 0 Å². The summed E-state index contributed by atoms with van der Waals surface area (Å²) in [5.74, 6) is -1.40. The van der Waals surface area contributed by atoms with Crippen LogP contribution in [0.25, 0.3) is 0 Å². The van der Waals surface area contributed by atoms with Crippen LogP contribution >= 0.6 is 0 Å². The van der Waals surface area contributed by atoms with Gasteiger partial charge in [0.1, 0.15) is 18.3 Å². The van der Waals surface area contributed by atoms with Crippen LogP contribution in [0.4, 0.5) is 0 Å². The summed E-state index contributed by atoms with van der Waals surface area (Å²) < 4.78 is 10.4. The molecule has 1 saturated heterocycles. The third-order valence-electron chi connectivity index (χ3n) is 4.59. The fourth-order valence-corrected chi connectivity index (χ4v) is 2.98. The van der Waals surface area contributed by atoms with E-state index < -0.39 is 36.7 Å². The van der Waals surface area contributed by atoms with Gasteiger partial charge in [0.2, 0.25) is 0 Å². The van der Waals surface area contributed by atoms with Crippen molar-refractivity contribution in [3.05, 3.63) is 0 Å². The molecule has 148 valence electrons. The quantitative estimate of drug-likeness (QED) is 0.369. The third-order valence-corrected chi connectivity index (χ3v) is 4.59. The number of ether oxygens (including phenoxy) is 2. The molecule has 1 rings (SSSR count). The Morgan fingerprint density at radius 1 is 0.840 bits per heavy atom. The van der Waals surface area contributed by atoms with Crippen LogP contribution in [0.3, 0.4) is 0 Å². The van der Waals surface area contributed by atoms with Crippen molar-refractivity contribution in [2.75, 3.05) is 6.61 Å². The van der Waals surface area contributed by atoms with E-state index in [0.717, 1.165) is 19.3 Å². The number of carbonyl (C=O) groups is 1. The van der Waals surface area contributed by atoms with Gasteiger partial charge in [-0.15, -0.1) is 0 Å². The van der Waals surface area contributed by atoms with Crippen molar-refractivity contribution in [2.24, 2.45) is 0 Å². The van der Waals surface area contributed by atoms with Crippen LogP contribution in [-0.2, 0) is 14.3 Å². The highest BCUT2D eigenvalue weighted by Gasteiger charge is 2.47. The molecule has 0 aromatic carbocycles. The monoisotopic (exact) mass is 362 g/mol. The van der Waals surface area contributed by atoms with Crippen molar-refractivity contribution in [1.29, 1.82) is 0 Å². The Bertz CT molecular complexity index is 363. The zero-order valence-electron chi connectivity index (χ0n) is 15.2. The smallest absolute Gasteiger partial charge is 0.335 e. The number of aliphatic hydroxyl groups excluding tert-OH is 3. The lowest BCUT2D eigenvalue weighted by Gasteiger charge is -2.38. The summed E-state index contributed by atoms with van der Waals surface area (Å²) in [6.07, 6.45) is 4.26. The van der Waals surface area contributed by atoms with Crippen molar-refractivity contribution >= 4 is 5.97 Å². The molecule has 0 amide bonds. The van der Waals surface area contributed by atoms with Crippen molar-refractivity contribution in [3.8, 4) is 0 Å². The van der Waals surface area contributed by atoms with Crippen LogP contribution in [0.5, 0.6) is 0 Å². The minimum absolute atomic E-state index is 0.313. The average Bonchev–Trinajstić information content (AvgIpc) is 2.59. The second-order valence-electron chi connectivity index (χ2n) is 6.79. The Labute approximate surface area is 150 Å². The first-order valence-corrected chi connectivity index (χ1v) is 9.53. The van der Waals surface area contributed by atoms with Gasteiger partial charge in [0, 0.05) is 6.61 Å². The summed E-state index contributed by atoms with van der Waals surface area (Å²) in [6.45, 7) is 2.53. The van der Waals surface area contributed by atoms with Gasteiger partial charge in [-0.1, -0.05) is 64.7 Å². The van der Waals surface area contributed by atoms with E-state index in [-0.39, 0.29) is 0 Å². The maximum Gasteiger partial charge on any atom is 0.335 e. The van der Waals surface area contributed by atoms with Crippen molar-refractivity contribution in [1.82, 2.24) is 0 Å². The van der Waals surface area contributed by atoms with Gasteiger partial charge < -0.3 is 29.9 Å². The van der Waals surface area contributed by atoms with Crippen LogP contribution in [-0.4, -0.2) is 63.7 Å². The standard InChI is InChI=1S/C18H34O7/c1-2-3-4-5-6-7-8-9-10-11-12-24-18-15(21)13(19)14(20)16(25-18)17(22)23/h13-16,18-21H,2-12H2,1H3,(H,22,23)/t13-,14-,15-,16+,18?/m0/s1. The molecule has 7 nitrogen and oxygen atoms in total. The highest BCUT2D eigenvalue weighted by atomic mass is 16.7. The maximum atomic E-state index is 11.0. The minimum atomic E-state index is -1.68. The van der Waals surface area contributed by atoms with Crippen LogP contribution in [0, 0.1) is 0 Å². The molecular formula is C18H34O7. The Balaban J connectivity index is 2.10. The molecule has 0 spiro atoms. The SMILES string of the molecule is CCCCCCCCCCCCOC1O[C@@H](C(=O)O)[C@@H](O)[C@H](O)[C@@H]1O. The summed E-state index contributed by atoms with van der Waals surface area (Å²) in [5, 5.41) is 38.0. The topological polar surface area (TPSA) is 116 Å². The Morgan fingerprint density at radius 2 is 1.36 bits per heavy atom. The van der Waals surface area contributed by atoms with Crippen LogP contribution < -0.4 is 0 Å². The molecule has 0 radical (unpaired) electrons. The molecule has 4 N–H and O–H groups in total. The fraction of sp³-hybridized carbons (Fsp3) is 0.944. The second-order valence-corrected chi connectivity index (χ2v) is 6.79. The lowest BCUT2D eigenvalue weighted by atomic mass is 9.99. The molecule has 1 fully saturated rings. The molecule has 1 aliphatic rings. The van der Waals surface area contributed by atoms with Crippen molar-refractivity contribution in [2.45, 2.75) is 102 Å². The summed E-state index contributed by atoms with van der Waals surface area (Å²) in [7, 11) is 0. The van der Waals surface area contributed by atoms with E-state index in [1.165, 1.54) is 44.9 Å². The van der Waals surface area contributed by atoms with Gasteiger partial charge in [0.05, 0.1) is 0 Å². The molecule has 0 saturated carbocycles. The van der Waals surface area contributed by atoms with Gasteiger partial charge in [-0.3, -0.25) is 0 Å². The van der Waals surface area contributed by atoms with E-state index in [1.807, 2.05) is 0 Å². The second kappa shape index (κ2) is 12.6. The number of unbranched alkanes of at least 4 members (excludes halogenated alkanes) is 9. The summed E-state index contributed by atoms with van der Waals surface area (Å²) >= 11 is 0. The zero-order chi connectivity index (χ0) is 18.7.